The first kappa shape index (κ1) is 17.4. The Hall–Kier alpha value is -0.630. The zero-order valence-electron chi connectivity index (χ0n) is 11.8. The van der Waals surface area contributed by atoms with Gasteiger partial charge in [-0.2, -0.15) is 0 Å². The van der Waals surface area contributed by atoms with E-state index in [1.54, 1.807) is 13.8 Å². The molecule has 20 heavy (non-hydrogen) atoms. The van der Waals surface area contributed by atoms with Gasteiger partial charge >= 0.3 is 0 Å². The van der Waals surface area contributed by atoms with Crippen LogP contribution in [-0.2, 0) is 10.0 Å². The maximum absolute atomic E-state index is 12.4. The molecule has 1 heterocycles. The number of sulfonamides is 1. The van der Waals surface area contributed by atoms with Gasteiger partial charge < -0.3 is 10.3 Å². The Morgan fingerprint density at radius 2 is 2.00 bits per heavy atom. The van der Waals surface area contributed by atoms with Crippen LogP contribution in [0.25, 0.3) is 0 Å². The number of halogens is 1. The summed E-state index contributed by atoms with van der Waals surface area (Å²) in [5.41, 5.74) is 6.12. The molecule has 6 nitrogen and oxygen atoms in total. The molecule has 0 aliphatic heterocycles. The number of hydrogen-bond acceptors (Lipinski definition) is 5. The third-order valence-corrected chi connectivity index (χ3v) is 5.49. The lowest BCUT2D eigenvalue weighted by molar-refractivity contribution is 0.296. The highest BCUT2D eigenvalue weighted by molar-refractivity contribution is 7.89. The van der Waals surface area contributed by atoms with Crippen LogP contribution in [0.2, 0.25) is 0 Å². The van der Waals surface area contributed by atoms with E-state index < -0.39 is 10.0 Å². The predicted molar refractivity (Wildman–Crippen MR) is 78.3 cm³/mol. The second kappa shape index (κ2) is 6.89. The second-order valence-electron chi connectivity index (χ2n) is 5.16. The SMILES string of the molecule is Cc1noc(C)c1S(=O)(=O)NC1CCCCC1CN.Cl. The Balaban J connectivity index is 0.00000200. The van der Waals surface area contributed by atoms with E-state index in [0.29, 0.717) is 18.0 Å². The lowest BCUT2D eigenvalue weighted by atomic mass is 9.85. The lowest BCUT2D eigenvalue weighted by Crippen LogP contribution is -2.44. The summed E-state index contributed by atoms with van der Waals surface area (Å²) in [4.78, 5) is 0.161. The van der Waals surface area contributed by atoms with Crippen molar-refractivity contribution in [2.24, 2.45) is 11.7 Å². The van der Waals surface area contributed by atoms with Gasteiger partial charge in [-0.3, -0.25) is 0 Å². The van der Waals surface area contributed by atoms with Crippen LogP contribution in [-0.4, -0.2) is 26.2 Å². The van der Waals surface area contributed by atoms with Crippen LogP contribution >= 0.6 is 12.4 Å². The van der Waals surface area contributed by atoms with Crippen LogP contribution < -0.4 is 10.5 Å². The highest BCUT2D eigenvalue weighted by Gasteiger charge is 2.31. The number of aromatic nitrogens is 1. The summed E-state index contributed by atoms with van der Waals surface area (Å²) in [7, 11) is -3.58. The normalized spacial score (nSPS) is 23.4. The topological polar surface area (TPSA) is 98.2 Å². The molecular weight excluding hydrogens is 302 g/mol. The van der Waals surface area contributed by atoms with E-state index in [-0.39, 0.29) is 29.3 Å². The van der Waals surface area contributed by atoms with Gasteiger partial charge in [-0.15, -0.1) is 12.4 Å². The van der Waals surface area contributed by atoms with Crippen molar-refractivity contribution in [3.63, 3.8) is 0 Å². The van der Waals surface area contributed by atoms with E-state index >= 15 is 0 Å². The van der Waals surface area contributed by atoms with Crippen LogP contribution in [0.15, 0.2) is 9.42 Å². The number of nitrogens with two attached hydrogens (primary N) is 1. The van der Waals surface area contributed by atoms with Gasteiger partial charge in [0.15, 0.2) is 5.76 Å². The van der Waals surface area contributed by atoms with Crippen molar-refractivity contribution in [1.82, 2.24) is 9.88 Å². The zero-order chi connectivity index (χ0) is 14.0. The largest absolute Gasteiger partial charge is 0.360 e. The van der Waals surface area contributed by atoms with Gasteiger partial charge in [0, 0.05) is 6.04 Å². The highest BCUT2D eigenvalue weighted by atomic mass is 35.5. The van der Waals surface area contributed by atoms with Crippen molar-refractivity contribution in [3.8, 4) is 0 Å². The molecule has 0 radical (unpaired) electrons. The van der Waals surface area contributed by atoms with Gasteiger partial charge in [-0.05, 0) is 39.2 Å². The maximum atomic E-state index is 12.4. The molecule has 2 unspecified atom stereocenters. The van der Waals surface area contributed by atoms with Crippen LogP contribution in [0.5, 0.6) is 0 Å². The summed E-state index contributed by atoms with van der Waals surface area (Å²) < 4.78 is 32.5. The summed E-state index contributed by atoms with van der Waals surface area (Å²) >= 11 is 0. The van der Waals surface area contributed by atoms with Gasteiger partial charge in [0.25, 0.3) is 0 Å². The molecule has 1 aliphatic rings. The molecule has 0 aromatic carbocycles. The summed E-state index contributed by atoms with van der Waals surface area (Å²) in [6.45, 7) is 3.75. The van der Waals surface area contributed by atoms with Gasteiger partial charge in [0.1, 0.15) is 10.6 Å². The van der Waals surface area contributed by atoms with E-state index in [2.05, 4.69) is 9.88 Å². The third kappa shape index (κ3) is 3.52. The number of nitrogens with zero attached hydrogens (tertiary/aromatic N) is 1. The minimum Gasteiger partial charge on any atom is -0.360 e. The van der Waals surface area contributed by atoms with Gasteiger partial charge in [-0.25, -0.2) is 13.1 Å². The van der Waals surface area contributed by atoms with Crippen molar-refractivity contribution in [3.05, 3.63) is 11.5 Å². The highest BCUT2D eigenvalue weighted by Crippen LogP contribution is 2.26. The first-order chi connectivity index (χ1) is 8.95. The summed E-state index contributed by atoms with van der Waals surface area (Å²) in [5, 5.41) is 3.70. The molecule has 3 N–H and O–H groups in total. The number of rotatable bonds is 4. The monoisotopic (exact) mass is 323 g/mol. The molecule has 0 bridgehead atoms. The Morgan fingerprint density at radius 1 is 1.35 bits per heavy atom. The molecule has 1 aliphatic carbocycles. The van der Waals surface area contributed by atoms with Crippen molar-refractivity contribution in [2.45, 2.75) is 50.5 Å². The summed E-state index contributed by atoms with van der Waals surface area (Å²) in [5.74, 6) is 0.536. The van der Waals surface area contributed by atoms with E-state index in [0.717, 1.165) is 25.7 Å². The molecule has 1 aromatic heterocycles. The molecule has 116 valence electrons. The Kier molecular flexibility index (Phi) is 6.00. The maximum Gasteiger partial charge on any atom is 0.246 e. The van der Waals surface area contributed by atoms with Gasteiger partial charge in [0.2, 0.25) is 10.0 Å². The van der Waals surface area contributed by atoms with E-state index in [1.807, 2.05) is 0 Å². The molecule has 8 heteroatoms. The molecular formula is C12H22ClN3O3S. The number of nitrogens with one attached hydrogen (secondary N) is 1. The molecule has 1 saturated carbocycles. The quantitative estimate of drug-likeness (QED) is 0.875. The van der Waals surface area contributed by atoms with Gasteiger partial charge in [0.05, 0.1) is 0 Å². The fourth-order valence-corrected chi connectivity index (χ4v) is 4.43. The molecule has 2 rings (SSSR count). The molecule has 0 spiro atoms. The van der Waals surface area contributed by atoms with Crippen molar-refractivity contribution < 1.29 is 12.9 Å². The lowest BCUT2D eigenvalue weighted by Gasteiger charge is -2.30. The minimum absolute atomic E-state index is 0. The van der Waals surface area contributed by atoms with Crippen molar-refractivity contribution >= 4 is 22.4 Å². The van der Waals surface area contributed by atoms with Crippen LogP contribution in [0.3, 0.4) is 0 Å². The van der Waals surface area contributed by atoms with Crippen LogP contribution in [0.4, 0.5) is 0 Å². The third-order valence-electron chi connectivity index (χ3n) is 3.75. The van der Waals surface area contributed by atoms with Gasteiger partial charge in [-0.1, -0.05) is 18.0 Å². The first-order valence-electron chi connectivity index (χ1n) is 6.61. The van der Waals surface area contributed by atoms with Crippen molar-refractivity contribution in [2.75, 3.05) is 6.54 Å². The summed E-state index contributed by atoms with van der Waals surface area (Å²) in [6, 6.07) is -0.0857. The molecule has 0 saturated heterocycles. The molecule has 1 aromatic rings. The first-order valence-corrected chi connectivity index (χ1v) is 8.09. The molecule has 0 amide bonds. The smallest absolute Gasteiger partial charge is 0.246 e. The molecule has 2 atom stereocenters. The Morgan fingerprint density at radius 3 is 2.55 bits per heavy atom. The average Bonchev–Trinajstić information content (AvgIpc) is 2.70. The second-order valence-corrected chi connectivity index (χ2v) is 6.81. The van der Waals surface area contributed by atoms with Crippen LogP contribution in [0, 0.1) is 19.8 Å². The number of aryl methyl sites for hydroxylation is 2. The van der Waals surface area contributed by atoms with E-state index in [1.165, 1.54) is 0 Å². The summed E-state index contributed by atoms with van der Waals surface area (Å²) in [6.07, 6.45) is 3.96. The minimum atomic E-state index is -3.58. The zero-order valence-corrected chi connectivity index (χ0v) is 13.4. The standard InChI is InChI=1S/C12H21N3O3S.ClH/c1-8-12(9(2)18-14-8)19(16,17)15-11-6-4-3-5-10(11)7-13;/h10-11,15H,3-7,13H2,1-2H3;1H. The average molecular weight is 324 g/mol. The predicted octanol–water partition coefficient (Wildman–Crippen LogP) is 1.51. The Labute approximate surface area is 125 Å². The van der Waals surface area contributed by atoms with E-state index in [4.69, 9.17) is 10.3 Å². The van der Waals surface area contributed by atoms with Crippen molar-refractivity contribution in [1.29, 1.82) is 0 Å². The van der Waals surface area contributed by atoms with Crippen LogP contribution in [0.1, 0.15) is 37.1 Å². The fraction of sp³-hybridized carbons (Fsp3) is 0.750. The van der Waals surface area contributed by atoms with E-state index in [9.17, 15) is 8.42 Å². The Bertz CT molecular complexity index is 525. The number of hydrogen-bond donors (Lipinski definition) is 2. The fourth-order valence-electron chi connectivity index (χ4n) is 2.76. The molecule has 1 fully saturated rings.